The molecule has 0 bridgehead atoms. The average Bonchev–Trinajstić information content (AvgIpc) is 3.44. The highest BCUT2D eigenvalue weighted by atomic mass is 32.1. The second kappa shape index (κ2) is 9.76. The van der Waals surface area contributed by atoms with Gasteiger partial charge in [0.15, 0.2) is 0 Å². The van der Waals surface area contributed by atoms with Crippen molar-refractivity contribution in [2.75, 3.05) is 13.2 Å². The molecule has 3 aromatic rings. The normalized spacial score (nSPS) is 14.3. The molecule has 0 unspecified atom stereocenters. The Hall–Kier alpha value is -2.49. The van der Waals surface area contributed by atoms with Gasteiger partial charge in [0.25, 0.3) is 5.56 Å². The molecule has 1 aliphatic rings. The summed E-state index contributed by atoms with van der Waals surface area (Å²) in [6.07, 6.45) is 4.81. The van der Waals surface area contributed by atoms with Crippen LogP contribution in [0.2, 0.25) is 0 Å². The van der Waals surface area contributed by atoms with E-state index < -0.39 is 6.10 Å². The molecule has 0 amide bonds. The lowest BCUT2D eigenvalue weighted by atomic mass is 10.2. The molecule has 1 atom stereocenters. The highest BCUT2D eigenvalue weighted by Gasteiger charge is 2.22. The van der Waals surface area contributed by atoms with Gasteiger partial charge in [-0.1, -0.05) is 6.92 Å². The number of aliphatic hydroxyl groups excluding tert-OH is 1. The summed E-state index contributed by atoms with van der Waals surface area (Å²) in [5.41, 5.74) is 1.04. The zero-order chi connectivity index (χ0) is 21.8. The molecule has 3 aromatic heterocycles. The Bertz CT molecular complexity index is 1090. The van der Waals surface area contributed by atoms with Crippen molar-refractivity contribution in [1.82, 2.24) is 14.9 Å². The van der Waals surface area contributed by atoms with Crippen LogP contribution < -0.4 is 5.56 Å². The summed E-state index contributed by atoms with van der Waals surface area (Å²) in [4.78, 5) is 35.9. The number of carbonyl (C=O) groups is 1. The van der Waals surface area contributed by atoms with E-state index in [1.807, 2.05) is 17.9 Å². The van der Waals surface area contributed by atoms with Gasteiger partial charge in [0.05, 0.1) is 24.7 Å². The summed E-state index contributed by atoms with van der Waals surface area (Å²) in [6, 6.07) is 3.65. The number of thiophene rings is 1. The Morgan fingerprint density at radius 1 is 1.42 bits per heavy atom. The summed E-state index contributed by atoms with van der Waals surface area (Å²) in [5, 5.41) is 11.1. The number of aromatic nitrogens is 2. The van der Waals surface area contributed by atoms with Crippen molar-refractivity contribution in [2.24, 2.45) is 0 Å². The number of nitrogens with one attached hydrogen (secondary N) is 1. The van der Waals surface area contributed by atoms with Crippen molar-refractivity contribution in [2.45, 2.75) is 58.2 Å². The topological polar surface area (TPSA) is 109 Å². The van der Waals surface area contributed by atoms with Crippen LogP contribution >= 0.6 is 11.3 Å². The maximum absolute atomic E-state index is 12.7. The number of aryl methyl sites for hydroxylation is 2. The van der Waals surface area contributed by atoms with Gasteiger partial charge < -0.3 is 19.2 Å². The average molecular weight is 446 g/mol. The minimum atomic E-state index is -0.864. The lowest BCUT2D eigenvalue weighted by Gasteiger charge is -2.23. The first-order valence-corrected chi connectivity index (χ1v) is 11.5. The fourth-order valence-electron chi connectivity index (χ4n) is 3.96. The SMILES string of the molecule is CCCC(=O)OC[C@@H](O)CN(Cc1nc2sc3c(c2c(=O)[nH]1)CCC3)Cc1ccco1. The summed E-state index contributed by atoms with van der Waals surface area (Å²) in [7, 11) is 0. The van der Waals surface area contributed by atoms with Crippen LogP contribution in [0.1, 0.15) is 48.2 Å². The highest BCUT2D eigenvalue weighted by molar-refractivity contribution is 7.18. The molecule has 2 N–H and O–H groups in total. The predicted octanol–water partition coefficient (Wildman–Crippen LogP) is 2.77. The van der Waals surface area contributed by atoms with Crippen molar-refractivity contribution < 1.29 is 19.1 Å². The van der Waals surface area contributed by atoms with Crippen LogP contribution in [0.15, 0.2) is 27.6 Å². The second-order valence-electron chi connectivity index (χ2n) is 7.89. The molecular formula is C22H27N3O5S. The van der Waals surface area contributed by atoms with Crippen LogP contribution in [0, 0.1) is 0 Å². The molecule has 0 saturated heterocycles. The van der Waals surface area contributed by atoms with Crippen LogP contribution in [0.5, 0.6) is 0 Å². The first-order valence-electron chi connectivity index (χ1n) is 10.6. The van der Waals surface area contributed by atoms with Gasteiger partial charge in [-0.05, 0) is 43.4 Å². The molecule has 0 aromatic carbocycles. The Balaban J connectivity index is 1.49. The van der Waals surface area contributed by atoms with E-state index in [0.717, 1.165) is 40.8 Å². The van der Waals surface area contributed by atoms with E-state index >= 15 is 0 Å². The van der Waals surface area contributed by atoms with Crippen molar-refractivity contribution in [3.8, 4) is 0 Å². The molecule has 3 heterocycles. The molecule has 9 heteroatoms. The molecule has 0 aliphatic heterocycles. The van der Waals surface area contributed by atoms with Crippen LogP contribution in [-0.2, 0) is 35.5 Å². The Morgan fingerprint density at radius 3 is 3.06 bits per heavy atom. The first kappa shape index (κ1) is 21.7. The van der Waals surface area contributed by atoms with Gasteiger partial charge in [-0.2, -0.15) is 0 Å². The van der Waals surface area contributed by atoms with Gasteiger partial charge in [0.2, 0.25) is 0 Å². The lowest BCUT2D eigenvalue weighted by Crippen LogP contribution is -2.35. The van der Waals surface area contributed by atoms with E-state index in [2.05, 4.69) is 4.98 Å². The van der Waals surface area contributed by atoms with Crippen molar-refractivity contribution >= 4 is 27.5 Å². The summed E-state index contributed by atoms with van der Waals surface area (Å²) in [6.45, 7) is 2.82. The Kier molecular flexibility index (Phi) is 6.84. The number of hydrogen-bond acceptors (Lipinski definition) is 8. The first-order chi connectivity index (χ1) is 15.0. The van der Waals surface area contributed by atoms with Crippen LogP contribution in [0.3, 0.4) is 0 Å². The van der Waals surface area contributed by atoms with Crippen LogP contribution in [0.25, 0.3) is 10.2 Å². The van der Waals surface area contributed by atoms with E-state index in [1.54, 1.807) is 23.7 Å². The molecule has 1 aliphatic carbocycles. The summed E-state index contributed by atoms with van der Waals surface area (Å²) < 4.78 is 10.6. The number of aliphatic hydroxyl groups is 1. The molecule has 0 fully saturated rings. The maximum atomic E-state index is 12.7. The maximum Gasteiger partial charge on any atom is 0.305 e. The number of fused-ring (bicyclic) bond motifs is 3. The predicted molar refractivity (Wildman–Crippen MR) is 117 cm³/mol. The smallest absolute Gasteiger partial charge is 0.305 e. The van der Waals surface area contributed by atoms with E-state index in [0.29, 0.717) is 31.8 Å². The van der Waals surface area contributed by atoms with Crippen molar-refractivity contribution in [1.29, 1.82) is 0 Å². The van der Waals surface area contributed by atoms with Gasteiger partial charge in [-0.15, -0.1) is 11.3 Å². The lowest BCUT2D eigenvalue weighted by molar-refractivity contribution is -0.147. The standard InChI is InChI=1S/C22H27N3O5S/c1-2-5-19(27)30-13-14(26)10-25(11-15-6-4-9-29-15)12-18-23-21(28)20-16-7-3-8-17(16)31-22(20)24-18/h4,6,9,14,26H,2-3,5,7-8,10-13H2,1H3,(H,23,24,28)/t14-/m0/s1. The van der Waals surface area contributed by atoms with Gasteiger partial charge in [0, 0.05) is 17.8 Å². The summed E-state index contributed by atoms with van der Waals surface area (Å²) >= 11 is 1.60. The zero-order valence-corrected chi connectivity index (χ0v) is 18.4. The highest BCUT2D eigenvalue weighted by Crippen LogP contribution is 2.34. The molecule has 0 spiro atoms. The number of H-pyrrole nitrogens is 1. The van der Waals surface area contributed by atoms with Crippen LogP contribution in [0.4, 0.5) is 0 Å². The Morgan fingerprint density at radius 2 is 2.29 bits per heavy atom. The van der Waals surface area contributed by atoms with Crippen LogP contribution in [-0.4, -0.2) is 45.2 Å². The van der Waals surface area contributed by atoms with E-state index in [1.165, 1.54) is 4.88 Å². The van der Waals surface area contributed by atoms with Gasteiger partial charge in [-0.3, -0.25) is 14.5 Å². The Labute approximate surface area is 183 Å². The number of carbonyl (C=O) groups excluding carboxylic acids is 1. The van der Waals surface area contributed by atoms with E-state index in [4.69, 9.17) is 14.1 Å². The molecular weight excluding hydrogens is 418 g/mol. The van der Waals surface area contributed by atoms with Gasteiger partial charge in [0.1, 0.15) is 29.1 Å². The number of rotatable bonds is 10. The molecule has 166 valence electrons. The molecule has 4 rings (SSSR count). The van der Waals surface area contributed by atoms with Gasteiger partial charge in [-0.25, -0.2) is 4.98 Å². The summed E-state index contributed by atoms with van der Waals surface area (Å²) in [5.74, 6) is 0.953. The quantitative estimate of drug-likeness (QED) is 0.462. The monoisotopic (exact) mass is 445 g/mol. The van der Waals surface area contributed by atoms with E-state index in [9.17, 15) is 14.7 Å². The molecule has 0 saturated carbocycles. The van der Waals surface area contributed by atoms with Crippen molar-refractivity contribution in [3.63, 3.8) is 0 Å². The number of ether oxygens (including phenoxy) is 1. The third kappa shape index (κ3) is 5.23. The third-order valence-corrected chi connectivity index (χ3v) is 6.50. The molecule has 31 heavy (non-hydrogen) atoms. The fraction of sp³-hybridized carbons (Fsp3) is 0.500. The van der Waals surface area contributed by atoms with E-state index in [-0.39, 0.29) is 24.7 Å². The number of furan rings is 1. The largest absolute Gasteiger partial charge is 0.468 e. The fourth-order valence-corrected chi connectivity index (χ4v) is 5.24. The minimum absolute atomic E-state index is 0.0753. The number of esters is 1. The number of hydrogen-bond donors (Lipinski definition) is 2. The molecule has 0 radical (unpaired) electrons. The second-order valence-corrected chi connectivity index (χ2v) is 8.97. The third-order valence-electron chi connectivity index (χ3n) is 5.32. The van der Waals surface area contributed by atoms with Crippen molar-refractivity contribution in [3.05, 3.63) is 50.8 Å². The zero-order valence-electron chi connectivity index (χ0n) is 17.6. The van der Waals surface area contributed by atoms with Gasteiger partial charge >= 0.3 is 5.97 Å². The molecule has 8 nitrogen and oxygen atoms in total. The number of aromatic amines is 1. The number of nitrogens with zero attached hydrogens (tertiary/aromatic N) is 2. The minimum Gasteiger partial charge on any atom is -0.468 e.